The van der Waals surface area contributed by atoms with Gasteiger partial charge in [-0.3, -0.25) is 0 Å². The molecule has 0 saturated carbocycles. The summed E-state index contributed by atoms with van der Waals surface area (Å²) in [5, 5.41) is 9.82. The van der Waals surface area contributed by atoms with Crippen LogP contribution in [0, 0.1) is 5.92 Å². The highest BCUT2D eigenvalue weighted by atomic mass is 16.7. The molecule has 1 N–H and O–H groups in total. The van der Waals surface area contributed by atoms with Crippen molar-refractivity contribution in [2.24, 2.45) is 5.92 Å². The Morgan fingerprint density at radius 2 is 1.80 bits per heavy atom. The normalized spacial score (nSPS) is 17.4. The van der Waals surface area contributed by atoms with E-state index in [0.29, 0.717) is 6.61 Å². The number of hydrogen-bond acceptors (Lipinski definition) is 3. The number of hydrogen-bond donors (Lipinski definition) is 1. The lowest BCUT2D eigenvalue weighted by Crippen LogP contribution is -2.34. The molecule has 0 aromatic rings. The van der Waals surface area contributed by atoms with Gasteiger partial charge < -0.3 is 14.6 Å². The average molecular weight is 218 g/mol. The van der Waals surface area contributed by atoms with Crippen molar-refractivity contribution in [3.8, 4) is 0 Å². The molecule has 0 heterocycles. The van der Waals surface area contributed by atoms with Gasteiger partial charge in [0, 0.05) is 19.6 Å². The minimum atomic E-state index is -0.332. The van der Waals surface area contributed by atoms with E-state index in [-0.39, 0.29) is 18.3 Å². The lowest BCUT2D eigenvalue weighted by Gasteiger charge is -2.28. The van der Waals surface area contributed by atoms with Gasteiger partial charge in [-0.25, -0.2) is 0 Å². The Bertz CT molecular complexity index is 139. The summed E-state index contributed by atoms with van der Waals surface area (Å²) in [6.07, 6.45) is 3.18. The van der Waals surface area contributed by atoms with Gasteiger partial charge >= 0.3 is 0 Å². The highest BCUT2D eigenvalue weighted by Crippen LogP contribution is 2.20. The summed E-state index contributed by atoms with van der Waals surface area (Å²) in [4.78, 5) is 0. The monoisotopic (exact) mass is 218 g/mol. The summed E-state index contributed by atoms with van der Waals surface area (Å²) >= 11 is 0. The van der Waals surface area contributed by atoms with Crippen LogP contribution in [0.3, 0.4) is 0 Å². The first-order chi connectivity index (χ1) is 7.21. The van der Waals surface area contributed by atoms with Crippen molar-refractivity contribution in [2.75, 3.05) is 13.7 Å². The van der Waals surface area contributed by atoms with E-state index in [2.05, 4.69) is 13.8 Å². The Balaban J connectivity index is 4.08. The van der Waals surface area contributed by atoms with Crippen molar-refractivity contribution < 1.29 is 14.6 Å². The second-order valence-corrected chi connectivity index (χ2v) is 3.88. The smallest absolute Gasteiger partial charge is 0.162 e. The Labute approximate surface area is 93.8 Å². The fourth-order valence-electron chi connectivity index (χ4n) is 1.66. The van der Waals surface area contributed by atoms with Crippen LogP contribution in [0.1, 0.15) is 46.5 Å². The van der Waals surface area contributed by atoms with E-state index in [1.165, 1.54) is 0 Å². The molecule has 0 fully saturated rings. The Hall–Kier alpha value is -0.120. The molecule has 0 aliphatic rings. The van der Waals surface area contributed by atoms with Crippen molar-refractivity contribution in [1.29, 1.82) is 0 Å². The molecule has 0 spiro atoms. The van der Waals surface area contributed by atoms with Crippen LogP contribution in [0.2, 0.25) is 0 Å². The maximum atomic E-state index is 9.82. The van der Waals surface area contributed by atoms with Crippen molar-refractivity contribution in [3.05, 3.63) is 0 Å². The van der Waals surface area contributed by atoms with Crippen LogP contribution in [-0.2, 0) is 9.47 Å². The Morgan fingerprint density at radius 3 is 2.20 bits per heavy atom. The van der Waals surface area contributed by atoms with Gasteiger partial charge in [0.05, 0.1) is 6.10 Å². The second-order valence-electron chi connectivity index (χ2n) is 3.88. The van der Waals surface area contributed by atoms with E-state index >= 15 is 0 Å². The summed E-state index contributed by atoms with van der Waals surface area (Å²) in [7, 11) is 1.64. The Kier molecular flexibility index (Phi) is 9.06. The lowest BCUT2D eigenvalue weighted by molar-refractivity contribution is -0.178. The molecule has 3 atom stereocenters. The molecule has 3 heteroatoms. The molecule has 0 radical (unpaired) electrons. The summed E-state index contributed by atoms with van der Waals surface area (Å²) in [5.74, 6) is 0.0804. The van der Waals surface area contributed by atoms with Gasteiger partial charge in [-0.15, -0.1) is 0 Å². The van der Waals surface area contributed by atoms with E-state index in [1.807, 2.05) is 6.92 Å². The third-order valence-electron chi connectivity index (χ3n) is 2.75. The standard InChI is InChI=1S/C12H26O3/c1-5-8-9-15-12(14-4)10(6-2)11(13)7-3/h10-13H,5-9H2,1-4H3. The zero-order chi connectivity index (χ0) is 11.7. The fourth-order valence-corrected chi connectivity index (χ4v) is 1.66. The second kappa shape index (κ2) is 9.13. The molecule has 3 unspecified atom stereocenters. The highest BCUT2D eigenvalue weighted by Gasteiger charge is 2.26. The third kappa shape index (κ3) is 5.50. The minimum Gasteiger partial charge on any atom is -0.393 e. The molecule has 0 aliphatic carbocycles. The number of aliphatic hydroxyl groups is 1. The number of aliphatic hydroxyl groups excluding tert-OH is 1. The Morgan fingerprint density at radius 1 is 1.13 bits per heavy atom. The van der Waals surface area contributed by atoms with Gasteiger partial charge in [-0.1, -0.05) is 27.2 Å². The third-order valence-corrected chi connectivity index (χ3v) is 2.75. The number of unbranched alkanes of at least 4 members (excludes halogenated alkanes) is 1. The SMILES string of the molecule is CCCCOC(OC)C(CC)C(O)CC. The summed E-state index contributed by atoms with van der Waals surface area (Å²) in [5.41, 5.74) is 0. The molecular weight excluding hydrogens is 192 g/mol. The van der Waals surface area contributed by atoms with Gasteiger partial charge in [-0.2, -0.15) is 0 Å². The van der Waals surface area contributed by atoms with Crippen molar-refractivity contribution in [3.63, 3.8) is 0 Å². The summed E-state index contributed by atoms with van der Waals surface area (Å²) in [6, 6.07) is 0. The van der Waals surface area contributed by atoms with Crippen LogP contribution in [0.15, 0.2) is 0 Å². The zero-order valence-electron chi connectivity index (χ0n) is 10.5. The fraction of sp³-hybridized carbons (Fsp3) is 1.00. The van der Waals surface area contributed by atoms with Gasteiger partial charge in [0.25, 0.3) is 0 Å². The molecule has 0 rings (SSSR count). The molecule has 0 bridgehead atoms. The molecule has 0 saturated heterocycles. The molecule has 0 aliphatic heterocycles. The summed E-state index contributed by atoms with van der Waals surface area (Å²) in [6.45, 7) is 6.87. The first-order valence-electron chi connectivity index (χ1n) is 6.03. The average Bonchev–Trinajstić information content (AvgIpc) is 2.27. The number of ether oxygens (including phenoxy) is 2. The maximum absolute atomic E-state index is 9.82. The largest absolute Gasteiger partial charge is 0.393 e. The van der Waals surface area contributed by atoms with Crippen molar-refractivity contribution in [1.82, 2.24) is 0 Å². The van der Waals surface area contributed by atoms with Gasteiger partial charge in [0.15, 0.2) is 6.29 Å². The van der Waals surface area contributed by atoms with Crippen molar-refractivity contribution in [2.45, 2.75) is 58.8 Å². The van der Waals surface area contributed by atoms with Crippen molar-refractivity contribution >= 4 is 0 Å². The zero-order valence-corrected chi connectivity index (χ0v) is 10.5. The van der Waals surface area contributed by atoms with Gasteiger partial charge in [0.2, 0.25) is 0 Å². The maximum Gasteiger partial charge on any atom is 0.162 e. The van der Waals surface area contributed by atoms with Crippen LogP contribution >= 0.6 is 0 Å². The minimum absolute atomic E-state index is 0.0804. The molecule has 15 heavy (non-hydrogen) atoms. The van der Waals surface area contributed by atoms with Crippen LogP contribution in [-0.4, -0.2) is 31.2 Å². The van der Waals surface area contributed by atoms with E-state index < -0.39 is 0 Å². The van der Waals surface area contributed by atoms with E-state index in [9.17, 15) is 5.11 Å². The number of methoxy groups -OCH3 is 1. The van der Waals surface area contributed by atoms with E-state index in [4.69, 9.17) is 9.47 Å². The summed E-state index contributed by atoms with van der Waals surface area (Å²) < 4.78 is 10.9. The number of rotatable bonds is 9. The predicted octanol–water partition coefficient (Wildman–Crippen LogP) is 2.57. The van der Waals surface area contributed by atoms with Crippen LogP contribution in [0.25, 0.3) is 0 Å². The quantitative estimate of drug-likeness (QED) is 0.477. The van der Waals surface area contributed by atoms with Gasteiger partial charge in [-0.05, 0) is 19.3 Å². The predicted molar refractivity (Wildman–Crippen MR) is 61.7 cm³/mol. The molecule has 0 aromatic heterocycles. The highest BCUT2D eigenvalue weighted by molar-refractivity contribution is 4.69. The van der Waals surface area contributed by atoms with E-state index in [1.54, 1.807) is 7.11 Å². The lowest BCUT2D eigenvalue weighted by atomic mass is 9.97. The molecule has 0 aromatic carbocycles. The van der Waals surface area contributed by atoms with E-state index in [0.717, 1.165) is 25.7 Å². The first kappa shape index (κ1) is 14.9. The topological polar surface area (TPSA) is 38.7 Å². The first-order valence-corrected chi connectivity index (χ1v) is 6.03. The van der Waals surface area contributed by atoms with Crippen LogP contribution < -0.4 is 0 Å². The van der Waals surface area contributed by atoms with Crippen LogP contribution in [0.5, 0.6) is 0 Å². The molecule has 3 nitrogen and oxygen atoms in total. The van der Waals surface area contributed by atoms with Gasteiger partial charge in [0.1, 0.15) is 0 Å². The molecule has 0 amide bonds. The molecule has 92 valence electrons. The van der Waals surface area contributed by atoms with Crippen LogP contribution in [0.4, 0.5) is 0 Å². The molecular formula is C12H26O3.